The van der Waals surface area contributed by atoms with E-state index >= 15 is 0 Å². The molecule has 5 N–H and O–H groups in total. The van der Waals surface area contributed by atoms with E-state index < -0.39 is 46.8 Å². The summed E-state index contributed by atoms with van der Waals surface area (Å²) < 4.78 is 28.0. The van der Waals surface area contributed by atoms with Gasteiger partial charge in [0.1, 0.15) is 24.6 Å². The standard InChI is InChI=1S/C17H30N3O8PSi/c1-17(2,3)30(4,5)27-9-10-8-20(16(23)19-14(10)18)15-13(22)12(21)11(28-15)6-7-26-29(24)25/h8,11-13,15,21-22H,6-7,9H2,1-5H3,(H2-,18,19,23,24,25)/p+1/t11?,12-,13-,15?/m1/s1. The van der Waals surface area contributed by atoms with Gasteiger partial charge in [0, 0.05) is 22.7 Å². The topological polar surface area (TPSA) is 166 Å². The highest BCUT2D eigenvalue weighted by molar-refractivity contribution is 7.32. The molecule has 13 heteroatoms. The summed E-state index contributed by atoms with van der Waals surface area (Å²) in [6.45, 7) is 10.4. The third kappa shape index (κ3) is 5.71. The lowest BCUT2D eigenvalue weighted by molar-refractivity contribution is -0.0445. The Kier molecular flexibility index (Phi) is 7.92. The van der Waals surface area contributed by atoms with Crippen LogP contribution in [0.15, 0.2) is 11.0 Å². The average Bonchev–Trinajstić information content (AvgIpc) is 2.88. The summed E-state index contributed by atoms with van der Waals surface area (Å²) in [5, 5.41) is 20.6. The maximum atomic E-state index is 12.4. The van der Waals surface area contributed by atoms with Gasteiger partial charge in [0.25, 0.3) is 0 Å². The zero-order valence-electron chi connectivity index (χ0n) is 17.8. The van der Waals surface area contributed by atoms with Gasteiger partial charge in [0.05, 0.1) is 12.7 Å². The first kappa shape index (κ1) is 25.0. The molecule has 0 bridgehead atoms. The summed E-state index contributed by atoms with van der Waals surface area (Å²) >= 11 is 0. The van der Waals surface area contributed by atoms with Crippen LogP contribution in [0.4, 0.5) is 5.82 Å². The minimum Gasteiger partial charge on any atom is -0.412 e. The molecule has 0 spiro atoms. The number of hydrogen-bond acceptors (Lipinski definition) is 9. The lowest BCUT2D eigenvalue weighted by atomic mass is 10.1. The minimum atomic E-state index is -2.78. The maximum absolute atomic E-state index is 12.4. The lowest BCUT2D eigenvalue weighted by Gasteiger charge is -2.36. The number of nitrogens with zero attached hydrogens (tertiary/aromatic N) is 2. The van der Waals surface area contributed by atoms with Gasteiger partial charge in [-0.1, -0.05) is 20.8 Å². The smallest absolute Gasteiger partial charge is 0.412 e. The molecule has 3 unspecified atom stereocenters. The van der Waals surface area contributed by atoms with E-state index in [9.17, 15) is 19.6 Å². The van der Waals surface area contributed by atoms with Crippen LogP contribution in [-0.4, -0.2) is 57.9 Å². The predicted octanol–water partition coefficient (Wildman–Crippen LogP) is 1.02. The summed E-state index contributed by atoms with van der Waals surface area (Å²) in [6.07, 6.45) is -3.34. The van der Waals surface area contributed by atoms with Crippen LogP contribution in [0.5, 0.6) is 0 Å². The fourth-order valence-electron chi connectivity index (χ4n) is 2.73. The van der Waals surface area contributed by atoms with E-state index in [1.807, 2.05) is 0 Å². The van der Waals surface area contributed by atoms with Crippen molar-refractivity contribution in [3.63, 3.8) is 0 Å². The van der Waals surface area contributed by atoms with Gasteiger partial charge in [-0.05, 0) is 18.1 Å². The van der Waals surface area contributed by atoms with Crippen molar-refractivity contribution in [3.8, 4) is 0 Å². The second-order valence-electron chi connectivity index (χ2n) is 8.80. The Morgan fingerprint density at radius 3 is 2.53 bits per heavy atom. The normalized spacial score (nSPS) is 25.5. The molecule has 5 atom stereocenters. The summed E-state index contributed by atoms with van der Waals surface area (Å²) in [5.41, 5.74) is 5.63. The number of nitrogen functional groups attached to an aromatic ring is 1. The number of ether oxygens (including phenoxy) is 1. The predicted molar refractivity (Wildman–Crippen MR) is 111 cm³/mol. The molecule has 1 saturated heterocycles. The molecule has 2 heterocycles. The Morgan fingerprint density at radius 1 is 1.33 bits per heavy atom. The maximum Gasteiger partial charge on any atom is 0.694 e. The van der Waals surface area contributed by atoms with Crippen molar-refractivity contribution in [3.05, 3.63) is 22.2 Å². The number of aliphatic hydroxyl groups is 2. The van der Waals surface area contributed by atoms with E-state index in [1.54, 1.807) is 0 Å². The summed E-state index contributed by atoms with van der Waals surface area (Å²) in [6, 6.07) is 0. The fourth-order valence-corrected chi connectivity index (χ4v) is 3.95. The van der Waals surface area contributed by atoms with Gasteiger partial charge in [-0.2, -0.15) is 4.98 Å². The van der Waals surface area contributed by atoms with Gasteiger partial charge in [-0.25, -0.2) is 4.79 Å². The molecule has 170 valence electrons. The second-order valence-corrected chi connectivity index (χ2v) is 14.3. The van der Waals surface area contributed by atoms with Gasteiger partial charge in [-0.3, -0.25) is 4.57 Å². The molecular weight excluding hydrogens is 433 g/mol. The molecule has 0 saturated carbocycles. The molecule has 30 heavy (non-hydrogen) atoms. The van der Waals surface area contributed by atoms with Crippen LogP contribution in [0.25, 0.3) is 0 Å². The van der Waals surface area contributed by atoms with Gasteiger partial charge < -0.3 is 25.1 Å². The average molecular weight is 465 g/mol. The molecule has 1 aliphatic heterocycles. The van der Waals surface area contributed by atoms with Crippen LogP contribution in [0.1, 0.15) is 39.0 Å². The fraction of sp³-hybridized carbons (Fsp3) is 0.765. The molecule has 1 aromatic rings. The molecule has 1 aromatic heterocycles. The quantitative estimate of drug-likeness (QED) is 0.322. The SMILES string of the molecule is CC(C)(C)[Si](C)(C)OCc1cn(C2OC(CCO[P+](=O)O)[C@@H](O)[C@H]2O)c(=O)nc1N. The molecule has 11 nitrogen and oxygen atoms in total. The van der Waals surface area contributed by atoms with Crippen LogP contribution >= 0.6 is 8.25 Å². The number of rotatable bonds is 8. The highest BCUT2D eigenvalue weighted by atomic mass is 31.1. The zero-order chi connectivity index (χ0) is 22.9. The summed E-state index contributed by atoms with van der Waals surface area (Å²) in [4.78, 5) is 24.9. The first-order chi connectivity index (χ1) is 13.7. The largest absolute Gasteiger partial charge is 0.694 e. The molecule has 0 aliphatic carbocycles. The van der Waals surface area contributed by atoms with E-state index in [0.717, 1.165) is 4.57 Å². The highest BCUT2D eigenvalue weighted by Gasteiger charge is 2.44. The second kappa shape index (κ2) is 9.49. The van der Waals surface area contributed by atoms with Gasteiger partial charge in [0.2, 0.25) is 0 Å². The number of aromatic nitrogens is 2. The van der Waals surface area contributed by atoms with Crippen LogP contribution in [0, 0.1) is 0 Å². The Hall–Kier alpha value is -1.24. The van der Waals surface area contributed by atoms with Crippen molar-refractivity contribution in [1.82, 2.24) is 9.55 Å². The number of nitrogens with two attached hydrogens (primary N) is 1. The Bertz CT molecular complexity index is 828. The number of hydrogen-bond donors (Lipinski definition) is 4. The van der Waals surface area contributed by atoms with Crippen molar-refractivity contribution in [2.24, 2.45) is 0 Å². The van der Waals surface area contributed by atoms with Gasteiger partial charge in [0.15, 0.2) is 14.5 Å². The van der Waals surface area contributed by atoms with E-state index in [1.165, 1.54) is 6.20 Å². The third-order valence-electron chi connectivity index (χ3n) is 5.67. The van der Waals surface area contributed by atoms with Crippen molar-refractivity contribution < 1.29 is 33.4 Å². The van der Waals surface area contributed by atoms with Crippen molar-refractivity contribution in [2.75, 3.05) is 12.3 Å². The van der Waals surface area contributed by atoms with Gasteiger partial charge >= 0.3 is 13.9 Å². The van der Waals surface area contributed by atoms with E-state index in [-0.39, 0.29) is 30.5 Å². The highest BCUT2D eigenvalue weighted by Crippen LogP contribution is 2.37. The molecule has 1 fully saturated rings. The number of anilines is 1. The third-order valence-corrected chi connectivity index (χ3v) is 10.6. The molecule has 0 aromatic carbocycles. The summed E-state index contributed by atoms with van der Waals surface area (Å²) in [7, 11) is -4.86. The minimum absolute atomic E-state index is 0.0210. The van der Waals surface area contributed by atoms with Crippen LogP contribution in [0.2, 0.25) is 18.1 Å². The first-order valence-corrected chi connectivity index (χ1v) is 13.6. The van der Waals surface area contributed by atoms with Gasteiger partial charge in [-0.15, -0.1) is 9.42 Å². The Morgan fingerprint density at radius 2 is 1.97 bits per heavy atom. The first-order valence-electron chi connectivity index (χ1n) is 9.56. The van der Waals surface area contributed by atoms with Crippen LogP contribution in [-0.2, 0) is 24.9 Å². The monoisotopic (exact) mass is 464 g/mol. The van der Waals surface area contributed by atoms with Crippen molar-refractivity contribution >= 4 is 22.4 Å². The summed E-state index contributed by atoms with van der Waals surface area (Å²) in [5.74, 6) is 0.0275. The van der Waals surface area contributed by atoms with Crippen LogP contribution in [0.3, 0.4) is 0 Å². The van der Waals surface area contributed by atoms with E-state index in [2.05, 4.69) is 43.4 Å². The molecular formula is C17H31N3O8PSi+. The van der Waals surface area contributed by atoms with E-state index in [4.69, 9.17) is 19.8 Å². The zero-order valence-corrected chi connectivity index (χ0v) is 19.7. The van der Waals surface area contributed by atoms with Crippen LogP contribution < -0.4 is 11.4 Å². The molecule has 2 rings (SSSR count). The molecule has 1 aliphatic rings. The Labute approximate surface area is 176 Å². The molecule has 0 amide bonds. The van der Waals surface area contributed by atoms with Crippen molar-refractivity contribution in [1.29, 1.82) is 0 Å². The van der Waals surface area contributed by atoms with E-state index in [0.29, 0.717) is 5.56 Å². The number of aliphatic hydroxyl groups excluding tert-OH is 2. The molecule has 0 radical (unpaired) electrons. The van der Waals surface area contributed by atoms with Crippen molar-refractivity contribution in [2.45, 2.75) is 76.5 Å². The Balaban J connectivity index is 2.20. The lowest BCUT2D eigenvalue weighted by Crippen LogP contribution is -2.41.